The second-order valence-electron chi connectivity index (χ2n) is 7.38. The number of hydrogen-bond donors (Lipinski definition) is 2. The molecule has 1 saturated heterocycles. The number of benzene rings is 1. The van der Waals surface area contributed by atoms with Crippen molar-refractivity contribution in [3.8, 4) is 22.6 Å². The minimum absolute atomic E-state index is 0.0579. The lowest BCUT2D eigenvalue weighted by atomic mass is 10.0. The number of hydrogen-bond acceptors (Lipinski definition) is 6. The number of amides is 1. The predicted octanol–water partition coefficient (Wildman–Crippen LogP) is 3.51. The summed E-state index contributed by atoms with van der Waals surface area (Å²) in [4.78, 5) is 21.6. The van der Waals surface area contributed by atoms with Gasteiger partial charge < -0.3 is 20.1 Å². The summed E-state index contributed by atoms with van der Waals surface area (Å²) in [5.41, 5.74) is 2.69. The van der Waals surface area contributed by atoms with E-state index in [1.165, 1.54) is 0 Å². The molecule has 3 heterocycles. The minimum atomic E-state index is -0.277. The number of rotatable bonds is 6. The number of aromatic nitrogens is 2. The van der Waals surface area contributed by atoms with Gasteiger partial charge in [0.2, 0.25) is 0 Å². The van der Waals surface area contributed by atoms with Crippen LogP contribution in [0.4, 0.5) is 5.82 Å². The monoisotopic (exact) mass is 424 g/mol. The summed E-state index contributed by atoms with van der Waals surface area (Å²) < 4.78 is 11.3. The molecule has 4 aromatic rings. The van der Waals surface area contributed by atoms with Crippen molar-refractivity contribution in [1.82, 2.24) is 15.3 Å². The maximum atomic E-state index is 12.9. The van der Waals surface area contributed by atoms with Crippen molar-refractivity contribution < 1.29 is 14.3 Å². The number of carbonyl (C=O) groups excluding carboxylic acids is 1. The molecule has 7 heteroatoms. The lowest BCUT2D eigenvalue weighted by Crippen LogP contribution is -2.50. The van der Waals surface area contributed by atoms with Crippen LogP contribution in [0.15, 0.2) is 60.8 Å². The molecule has 0 radical (unpaired) electrons. The summed E-state index contributed by atoms with van der Waals surface area (Å²) in [5, 5.41) is 6.95. The average molecular weight is 424 g/mol. The molecule has 0 aliphatic carbocycles. The van der Waals surface area contributed by atoms with E-state index in [1.807, 2.05) is 36.4 Å². The van der Waals surface area contributed by atoms with Gasteiger partial charge in [0.1, 0.15) is 17.7 Å². The maximum absolute atomic E-state index is 12.9. The number of ether oxygens (including phenoxy) is 2. The summed E-state index contributed by atoms with van der Waals surface area (Å²) in [5.74, 6) is 1.38. The summed E-state index contributed by atoms with van der Waals surface area (Å²) in [6.07, 6.45) is 1.73. The zero-order chi connectivity index (χ0) is 21.9. The van der Waals surface area contributed by atoms with Crippen molar-refractivity contribution in [2.45, 2.75) is 6.10 Å². The third-order valence-electron chi connectivity index (χ3n) is 5.22. The fourth-order valence-corrected chi connectivity index (χ4v) is 3.37. The van der Waals surface area contributed by atoms with E-state index < -0.39 is 0 Å². The first-order chi connectivity index (χ1) is 15.7. The Labute approximate surface area is 185 Å². The molecule has 158 valence electrons. The van der Waals surface area contributed by atoms with E-state index in [9.17, 15) is 4.79 Å². The highest BCUT2D eigenvalue weighted by Crippen LogP contribution is 2.32. The normalized spacial score (nSPS) is 13.2. The van der Waals surface area contributed by atoms with Crippen molar-refractivity contribution >= 4 is 22.8 Å². The molecule has 0 bridgehead atoms. The molecule has 1 amide bonds. The van der Waals surface area contributed by atoms with Gasteiger partial charge in [-0.15, -0.1) is 0 Å². The van der Waals surface area contributed by atoms with E-state index in [2.05, 4.69) is 32.7 Å². The van der Waals surface area contributed by atoms with Gasteiger partial charge in [0, 0.05) is 41.4 Å². The van der Waals surface area contributed by atoms with Crippen LogP contribution >= 0.6 is 0 Å². The van der Waals surface area contributed by atoms with Crippen molar-refractivity contribution in [2.75, 3.05) is 25.5 Å². The summed E-state index contributed by atoms with van der Waals surface area (Å²) >= 11 is 0. The van der Waals surface area contributed by atoms with E-state index in [0.717, 1.165) is 29.6 Å². The van der Waals surface area contributed by atoms with E-state index in [1.54, 1.807) is 31.5 Å². The number of nitrogens with zero attached hydrogens (tertiary/aromatic N) is 2. The van der Waals surface area contributed by atoms with Crippen LogP contribution in [0.25, 0.3) is 22.2 Å². The zero-order valence-corrected chi connectivity index (χ0v) is 17.4. The second kappa shape index (κ2) is 8.53. The summed E-state index contributed by atoms with van der Waals surface area (Å²) in [6.45, 7) is 1.53. The van der Waals surface area contributed by atoms with Crippen molar-refractivity contribution in [1.29, 1.82) is 0 Å². The maximum Gasteiger partial charge on any atom is 0.256 e. The highest BCUT2D eigenvalue weighted by atomic mass is 16.5. The SMILES string of the molecule is COc1c#cc(-c2ccc(C(=O)Nc3ccc4cccnc4n3)cc2OC2CNC2)cc1. The second-order valence-corrected chi connectivity index (χ2v) is 7.38. The molecule has 5 rings (SSSR count). The molecule has 1 aliphatic rings. The van der Waals surface area contributed by atoms with Crippen molar-refractivity contribution in [3.05, 3.63) is 78.5 Å². The first-order valence-corrected chi connectivity index (χ1v) is 10.2. The molecular weight excluding hydrogens is 404 g/mol. The number of pyridine rings is 2. The van der Waals surface area contributed by atoms with Crippen LogP contribution in [0.3, 0.4) is 0 Å². The lowest BCUT2D eigenvalue weighted by Gasteiger charge is -2.29. The largest absolute Gasteiger partial charge is 0.489 e. The fraction of sp³-hybridized carbons (Fsp3) is 0.160. The lowest BCUT2D eigenvalue weighted by molar-refractivity contribution is 0.102. The quantitative estimate of drug-likeness (QED) is 0.493. The topological polar surface area (TPSA) is 85.4 Å². The average Bonchev–Trinajstić information content (AvgIpc) is 2.81. The predicted molar refractivity (Wildman–Crippen MR) is 121 cm³/mol. The highest BCUT2D eigenvalue weighted by molar-refractivity contribution is 6.04. The van der Waals surface area contributed by atoms with Crippen molar-refractivity contribution in [3.63, 3.8) is 0 Å². The summed E-state index contributed by atoms with van der Waals surface area (Å²) in [6, 6.07) is 22.6. The first kappa shape index (κ1) is 19.8. The molecule has 2 N–H and O–H groups in total. The van der Waals surface area contributed by atoms with Gasteiger partial charge in [0.05, 0.1) is 7.11 Å². The fourth-order valence-electron chi connectivity index (χ4n) is 3.37. The van der Waals surface area contributed by atoms with Crippen LogP contribution in [0.2, 0.25) is 0 Å². The van der Waals surface area contributed by atoms with Gasteiger partial charge in [-0.05, 0) is 60.7 Å². The van der Waals surface area contributed by atoms with Crippen molar-refractivity contribution in [2.24, 2.45) is 0 Å². The highest BCUT2D eigenvalue weighted by Gasteiger charge is 2.21. The minimum Gasteiger partial charge on any atom is -0.489 e. The smallest absolute Gasteiger partial charge is 0.256 e. The van der Waals surface area contributed by atoms with Crippen LogP contribution in [0.1, 0.15) is 10.4 Å². The number of anilines is 1. The third-order valence-corrected chi connectivity index (χ3v) is 5.22. The van der Waals surface area contributed by atoms with Crippen LogP contribution in [0, 0.1) is 12.1 Å². The van der Waals surface area contributed by atoms with E-state index >= 15 is 0 Å². The molecule has 0 atom stereocenters. The number of nitrogens with one attached hydrogen (secondary N) is 2. The standard InChI is InChI=1S/C25H20N4O3/c1-31-19-8-4-16(5-9-19)21-10-6-18(13-22(21)32-20-14-26-15-20)25(30)29-23-11-7-17-3-2-12-27-24(17)28-23/h2-4,6-8,10-13,20,26H,14-15H2,1H3,(H,27,28,29,30). The molecule has 0 saturated carbocycles. The Morgan fingerprint density at radius 2 is 2.03 bits per heavy atom. The summed E-state index contributed by atoms with van der Waals surface area (Å²) in [7, 11) is 1.59. The zero-order valence-electron chi connectivity index (χ0n) is 17.4. The van der Waals surface area contributed by atoms with Gasteiger partial charge in [-0.3, -0.25) is 4.79 Å². The number of fused-ring (bicyclic) bond motifs is 1. The number of carbonyl (C=O) groups is 1. The van der Waals surface area contributed by atoms with Gasteiger partial charge in [0.25, 0.3) is 5.91 Å². The van der Waals surface area contributed by atoms with Gasteiger partial charge >= 0.3 is 0 Å². The van der Waals surface area contributed by atoms with Crippen LogP contribution < -0.4 is 20.1 Å². The third kappa shape index (κ3) is 4.04. The molecule has 0 unspecified atom stereocenters. The molecular formula is C25H20N4O3. The molecule has 2 aromatic heterocycles. The molecule has 0 spiro atoms. The van der Waals surface area contributed by atoms with Gasteiger partial charge in [-0.2, -0.15) is 0 Å². The Kier molecular flexibility index (Phi) is 5.28. The van der Waals surface area contributed by atoms with E-state index in [4.69, 9.17) is 9.47 Å². The van der Waals surface area contributed by atoms with Gasteiger partial charge in [0.15, 0.2) is 11.4 Å². The first-order valence-electron chi connectivity index (χ1n) is 10.2. The number of methoxy groups -OCH3 is 1. The van der Waals surface area contributed by atoms with Crippen LogP contribution in [-0.4, -0.2) is 42.2 Å². The molecule has 1 fully saturated rings. The molecule has 2 aromatic carbocycles. The Hall–Kier alpha value is -4.15. The van der Waals surface area contributed by atoms with E-state index in [-0.39, 0.29) is 12.0 Å². The van der Waals surface area contributed by atoms with Gasteiger partial charge in [-0.1, -0.05) is 6.07 Å². The van der Waals surface area contributed by atoms with E-state index in [0.29, 0.717) is 28.5 Å². The van der Waals surface area contributed by atoms with Crippen LogP contribution in [0.5, 0.6) is 11.5 Å². The molecule has 1 aliphatic heterocycles. The van der Waals surface area contributed by atoms with Crippen LogP contribution in [-0.2, 0) is 0 Å². The Morgan fingerprint density at radius 3 is 2.78 bits per heavy atom. The Bertz CT molecular complexity index is 1270. The molecule has 7 nitrogen and oxygen atoms in total. The Balaban J connectivity index is 1.43. The Morgan fingerprint density at radius 1 is 1.12 bits per heavy atom. The molecule has 32 heavy (non-hydrogen) atoms. The van der Waals surface area contributed by atoms with Gasteiger partial charge in [-0.25, -0.2) is 9.97 Å².